The smallest absolute Gasteiger partial charge is 0.259 e. The fourth-order valence-corrected chi connectivity index (χ4v) is 9.32. The third-order valence-electron chi connectivity index (χ3n) is 11.5. The minimum Gasteiger partial charge on any atom is -0.382 e. The molecule has 3 aliphatic heterocycles. The molecule has 0 spiro atoms. The molecule has 15 nitrogen and oxygen atoms in total. The summed E-state index contributed by atoms with van der Waals surface area (Å²) in [6.45, 7) is 11.0. The Hall–Kier alpha value is -6.18. The maximum atomic E-state index is 13.3. The van der Waals surface area contributed by atoms with Crippen LogP contribution in [0.4, 0.5) is 16.5 Å². The minimum atomic E-state index is -0.666. The van der Waals surface area contributed by atoms with Crippen molar-refractivity contribution in [2.45, 2.75) is 51.6 Å². The van der Waals surface area contributed by atoms with Gasteiger partial charge in [-0.3, -0.25) is 29.6 Å². The summed E-state index contributed by atoms with van der Waals surface area (Å²) in [5.41, 5.74) is 5.69. The summed E-state index contributed by atoms with van der Waals surface area (Å²) in [4.78, 5) is 49.5. The number of piperidine rings is 2. The minimum absolute atomic E-state index is 0.192. The van der Waals surface area contributed by atoms with E-state index < -0.39 is 11.9 Å². The van der Waals surface area contributed by atoms with Gasteiger partial charge in [0.25, 0.3) is 5.56 Å². The summed E-state index contributed by atoms with van der Waals surface area (Å²) in [7, 11) is 0. The van der Waals surface area contributed by atoms with Gasteiger partial charge in [0.2, 0.25) is 16.9 Å². The highest BCUT2D eigenvalue weighted by Crippen LogP contribution is 2.36. The molecule has 8 heterocycles. The maximum absolute atomic E-state index is 13.3. The van der Waals surface area contributed by atoms with E-state index in [1.807, 2.05) is 48.7 Å². The highest BCUT2D eigenvalue weighted by molar-refractivity contribution is 7.18. The normalized spacial score (nSPS) is 18.3. The summed E-state index contributed by atoms with van der Waals surface area (Å²) in [6.07, 6.45) is 7.87. The van der Waals surface area contributed by atoms with Crippen molar-refractivity contribution in [3.8, 4) is 28.0 Å². The van der Waals surface area contributed by atoms with E-state index in [1.165, 1.54) is 4.57 Å². The van der Waals surface area contributed by atoms with Crippen molar-refractivity contribution in [1.29, 1.82) is 5.26 Å². The van der Waals surface area contributed by atoms with Crippen molar-refractivity contribution in [3.63, 3.8) is 0 Å². The lowest BCUT2D eigenvalue weighted by atomic mass is 9.95. The molecule has 3 aliphatic rings. The topological polar surface area (TPSA) is 170 Å². The third kappa shape index (κ3) is 7.38. The number of rotatable bonds is 9. The molecule has 0 aliphatic carbocycles. The predicted octanol–water partition coefficient (Wildman–Crippen LogP) is 4.94. The molecule has 0 bridgehead atoms. The van der Waals surface area contributed by atoms with Gasteiger partial charge in [-0.25, -0.2) is 4.52 Å². The van der Waals surface area contributed by atoms with Gasteiger partial charge in [-0.05, 0) is 92.9 Å². The van der Waals surface area contributed by atoms with Crippen molar-refractivity contribution < 1.29 is 9.59 Å². The number of nitriles is 1. The second kappa shape index (κ2) is 15.6. The molecule has 2 N–H and O–H groups in total. The molecule has 9 rings (SSSR count). The fraction of sp³-hybridized carbons (Fsp3) is 0.381. The molecule has 2 amide bonds. The van der Waals surface area contributed by atoms with Crippen LogP contribution in [0.2, 0.25) is 0 Å². The van der Waals surface area contributed by atoms with Gasteiger partial charge in [0, 0.05) is 87.4 Å². The highest BCUT2D eigenvalue weighted by Gasteiger charge is 2.30. The number of piperazine rings is 1. The molecule has 58 heavy (non-hydrogen) atoms. The van der Waals surface area contributed by atoms with Crippen LogP contribution in [-0.4, -0.2) is 97.9 Å². The van der Waals surface area contributed by atoms with E-state index in [9.17, 15) is 19.6 Å². The van der Waals surface area contributed by atoms with Crippen molar-refractivity contribution >= 4 is 55.9 Å². The molecule has 0 radical (unpaired) electrons. The number of fused-ring (bicyclic) bond motifs is 2. The van der Waals surface area contributed by atoms with Gasteiger partial charge in [0.15, 0.2) is 5.01 Å². The zero-order chi connectivity index (χ0) is 39.9. The number of imide groups is 1. The lowest BCUT2D eigenvalue weighted by molar-refractivity contribution is -0.135. The number of nitrogens with zero attached hydrogens (tertiary/aromatic N) is 10. The molecule has 16 heteroatoms. The zero-order valence-electron chi connectivity index (χ0n) is 32.5. The Labute approximate surface area is 338 Å². The number of nitrogens with one attached hydrogen (secondary N) is 2. The first-order chi connectivity index (χ1) is 28.2. The molecule has 1 aromatic carbocycles. The molecule has 296 valence electrons. The third-order valence-corrected chi connectivity index (χ3v) is 12.5. The second-order valence-corrected chi connectivity index (χ2v) is 16.7. The molecule has 1 unspecified atom stereocenters. The van der Waals surface area contributed by atoms with Crippen molar-refractivity contribution in [1.82, 2.24) is 39.6 Å². The van der Waals surface area contributed by atoms with Gasteiger partial charge in [-0.15, -0.1) is 10.2 Å². The number of benzene rings is 1. The highest BCUT2D eigenvalue weighted by atomic mass is 32.1. The molecule has 1 atom stereocenters. The van der Waals surface area contributed by atoms with Gasteiger partial charge < -0.3 is 19.7 Å². The van der Waals surface area contributed by atoms with Crippen LogP contribution in [-0.2, 0) is 9.59 Å². The van der Waals surface area contributed by atoms with Crippen LogP contribution < -0.4 is 26.0 Å². The van der Waals surface area contributed by atoms with E-state index in [0.29, 0.717) is 23.3 Å². The Balaban J connectivity index is 0.797. The van der Waals surface area contributed by atoms with Gasteiger partial charge in [-0.2, -0.15) is 10.4 Å². The first-order valence-corrected chi connectivity index (χ1v) is 20.7. The SMILES string of the molecule is CC(C)Nc1cc(-c2ccc3cc(C#N)cnn23)ncc1-c1nnc(N2CCN(CC3CCN(c4ccc5c(=O)n(C6CCC(=O)NC6=O)ccc5c4)CC3)CC2)s1. The van der Waals surface area contributed by atoms with E-state index in [4.69, 9.17) is 4.98 Å². The monoisotopic (exact) mass is 796 g/mol. The molecule has 5 aromatic heterocycles. The number of amides is 2. The number of anilines is 3. The van der Waals surface area contributed by atoms with E-state index in [-0.39, 0.29) is 23.9 Å². The molecule has 3 saturated heterocycles. The van der Waals surface area contributed by atoms with E-state index in [2.05, 4.69) is 66.6 Å². The Morgan fingerprint density at radius 1 is 0.931 bits per heavy atom. The first-order valence-electron chi connectivity index (χ1n) is 19.9. The Morgan fingerprint density at radius 2 is 1.76 bits per heavy atom. The van der Waals surface area contributed by atoms with Crippen LogP contribution in [0.1, 0.15) is 51.1 Å². The van der Waals surface area contributed by atoms with Crippen LogP contribution in [0.25, 0.3) is 38.2 Å². The predicted molar refractivity (Wildman–Crippen MR) is 224 cm³/mol. The molecular weight excluding hydrogens is 753 g/mol. The zero-order valence-corrected chi connectivity index (χ0v) is 33.3. The number of hydrogen-bond donors (Lipinski definition) is 2. The van der Waals surface area contributed by atoms with Crippen LogP contribution in [0.5, 0.6) is 0 Å². The lowest BCUT2D eigenvalue weighted by Gasteiger charge is -2.39. The van der Waals surface area contributed by atoms with Gasteiger partial charge >= 0.3 is 0 Å². The molecule has 3 fully saturated rings. The lowest BCUT2D eigenvalue weighted by Crippen LogP contribution is -2.49. The second-order valence-electron chi connectivity index (χ2n) is 15.7. The summed E-state index contributed by atoms with van der Waals surface area (Å²) in [5.74, 6) is -0.0954. The van der Waals surface area contributed by atoms with Gasteiger partial charge in [0.05, 0.1) is 34.2 Å². The molecule has 0 saturated carbocycles. The molecule has 6 aromatic rings. The number of carbonyl (C=O) groups is 2. The van der Waals surface area contributed by atoms with Crippen LogP contribution in [0.3, 0.4) is 0 Å². The standard InChI is InChI=1S/C42H44N12O3S/c1-26(2)46-34-21-35(36-6-4-31-19-28(22-43)23-45-54(31)36)44-24-33(34)40-48-49-42(58-40)52-17-15-50(16-18-52)25-27-9-12-51(13-10-27)30-3-5-32-29(20-30)11-14-53(41(32)57)37-7-8-38(55)47-39(37)56/h3-6,11,14,19-21,23-24,26-27,37H,7-10,12-13,15-18,25H2,1-2H3,(H,44,46)(H,47,55,56). The van der Waals surface area contributed by atoms with Crippen molar-refractivity contribution in [2.75, 3.05) is 60.9 Å². The van der Waals surface area contributed by atoms with Crippen molar-refractivity contribution in [2.24, 2.45) is 5.92 Å². The quantitative estimate of drug-likeness (QED) is 0.190. The average molecular weight is 797 g/mol. The number of aromatic nitrogens is 6. The fourth-order valence-electron chi connectivity index (χ4n) is 8.40. The maximum Gasteiger partial charge on any atom is 0.259 e. The Morgan fingerprint density at radius 3 is 2.53 bits per heavy atom. The van der Waals surface area contributed by atoms with Crippen LogP contribution in [0, 0.1) is 17.2 Å². The summed E-state index contributed by atoms with van der Waals surface area (Å²) in [5, 5.41) is 32.1. The number of pyridine rings is 2. The Bertz CT molecular complexity index is 2630. The van der Waals surface area contributed by atoms with Crippen LogP contribution in [0.15, 0.2) is 71.9 Å². The van der Waals surface area contributed by atoms with Crippen molar-refractivity contribution in [3.05, 3.63) is 83.0 Å². The number of carbonyl (C=O) groups excluding carboxylic acids is 2. The number of hydrogen-bond acceptors (Lipinski definition) is 13. The Kier molecular flexibility index (Phi) is 10.1. The van der Waals surface area contributed by atoms with Gasteiger partial charge in [-0.1, -0.05) is 11.3 Å². The van der Waals surface area contributed by atoms with Gasteiger partial charge in [0.1, 0.15) is 12.1 Å². The largest absolute Gasteiger partial charge is 0.382 e. The summed E-state index contributed by atoms with van der Waals surface area (Å²) >= 11 is 1.59. The van der Waals surface area contributed by atoms with E-state index in [1.54, 1.807) is 28.2 Å². The molecular formula is C42H44N12O3S. The van der Waals surface area contributed by atoms with Crippen LogP contribution >= 0.6 is 11.3 Å². The summed E-state index contributed by atoms with van der Waals surface area (Å²) < 4.78 is 3.26. The first kappa shape index (κ1) is 37.4. The summed E-state index contributed by atoms with van der Waals surface area (Å²) in [6, 6.07) is 17.3. The average Bonchev–Trinajstić information content (AvgIpc) is 3.90. The van der Waals surface area contributed by atoms with E-state index in [0.717, 1.165) is 108 Å². The van der Waals surface area contributed by atoms with E-state index >= 15 is 0 Å².